The van der Waals surface area contributed by atoms with Gasteiger partial charge in [-0.15, -0.1) is 0 Å². The van der Waals surface area contributed by atoms with E-state index in [0.717, 1.165) is 12.2 Å². The number of benzene rings is 2. The third-order valence-electron chi connectivity index (χ3n) is 2.74. The third-order valence-corrected chi connectivity index (χ3v) is 2.74. The van der Waals surface area contributed by atoms with Crippen LogP contribution < -0.4 is 16.4 Å². The van der Waals surface area contributed by atoms with Crippen molar-refractivity contribution in [2.45, 2.75) is 6.92 Å². The molecule has 4 heteroatoms. The maximum Gasteiger partial charge on any atom is 0.255 e. The fraction of sp³-hybridized carbons (Fsp3) is 0.133. The number of carbonyl (C=O) groups excluding carboxylic acids is 1. The van der Waals surface area contributed by atoms with Gasteiger partial charge >= 0.3 is 0 Å². The SMILES string of the molecule is CCNc1ccc(C(=O)Nc2ccccc2N)cc1. The summed E-state index contributed by atoms with van der Waals surface area (Å²) >= 11 is 0. The molecule has 4 N–H and O–H groups in total. The first-order valence-corrected chi connectivity index (χ1v) is 6.20. The summed E-state index contributed by atoms with van der Waals surface area (Å²) in [5.74, 6) is -0.166. The standard InChI is InChI=1S/C15H17N3O/c1-2-17-12-9-7-11(8-10-12)15(19)18-14-6-4-3-5-13(14)16/h3-10,17H,2,16H2,1H3,(H,18,19). The fourth-order valence-electron chi connectivity index (χ4n) is 1.75. The van der Waals surface area contributed by atoms with Crippen LogP contribution in [0.4, 0.5) is 17.1 Å². The maximum absolute atomic E-state index is 12.0. The Kier molecular flexibility index (Phi) is 4.03. The molecule has 0 fully saturated rings. The molecule has 0 spiro atoms. The van der Waals surface area contributed by atoms with Crippen molar-refractivity contribution < 1.29 is 4.79 Å². The van der Waals surface area contributed by atoms with Crippen LogP contribution in [0.1, 0.15) is 17.3 Å². The first-order valence-electron chi connectivity index (χ1n) is 6.20. The van der Waals surface area contributed by atoms with Crippen LogP contribution in [0.3, 0.4) is 0 Å². The highest BCUT2D eigenvalue weighted by Gasteiger charge is 2.07. The van der Waals surface area contributed by atoms with Crippen LogP contribution in [0.15, 0.2) is 48.5 Å². The molecule has 0 aromatic heterocycles. The molecule has 4 nitrogen and oxygen atoms in total. The Balaban J connectivity index is 2.10. The van der Waals surface area contributed by atoms with E-state index in [1.165, 1.54) is 0 Å². The first-order chi connectivity index (χ1) is 9.20. The van der Waals surface area contributed by atoms with Gasteiger partial charge < -0.3 is 16.4 Å². The molecule has 0 aliphatic heterocycles. The fourth-order valence-corrected chi connectivity index (χ4v) is 1.75. The highest BCUT2D eigenvalue weighted by atomic mass is 16.1. The molecule has 0 atom stereocenters. The quantitative estimate of drug-likeness (QED) is 0.736. The molecule has 0 aliphatic carbocycles. The second-order valence-corrected chi connectivity index (χ2v) is 4.15. The van der Waals surface area contributed by atoms with Gasteiger partial charge in [0.25, 0.3) is 5.91 Å². The van der Waals surface area contributed by atoms with Crippen LogP contribution in [0.5, 0.6) is 0 Å². The molecule has 98 valence electrons. The molecule has 0 radical (unpaired) electrons. The zero-order valence-corrected chi connectivity index (χ0v) is 10.8. The lowest BCUT2D eigenvalue weighted by Gasteiger charge is -2.08. The normalized spacial score (nSPS) is 9.95. The Bertz CT molecular complexity index is 564. The van der Waals surface area contributed by atoms with Gasteiger partial charge in [-0.05, 0) is 43.3 Å². The van der Waals surface area contributed by atoms with Crippen molar-refractivity contribution in [3.8, 4) is 0 Å². The van der Waals surface area contributed by atoms with Gasteiger partial charge in [0.1, 0.15) is 0 Å². The van der Waals surface area contributed by atoms with E-state index in [2.05, 4.69) is 10.6 Å². The number of carbonyl (C=O) groups is 1. The lowest BCUT2D eigenvalue weighted by atomic mass is 10.2. The number of hydrogen-bond acceptors (Lipinski definition) is 3. The van der Waals surface area contributed by atoms with E-state index >= 15 is 0 Å². The predicted molar refractivity (Wildman–Crippen MR) is 79.4 cm³/mol. The molecule has 2 aromatic carbocycles. The lowest BCUT2D eigenvalue weighted by molar-refractivity contribution is 0.102. The summed E-state index contributed by atoms with van der Waals surface area (Å²) in [6, 6.07) is 14.5. The van der Waals surface area contributed by atoms with Gasteiger partial charge in [0.15, 0.2) is 0 Å². The van der Waals surface area contributed by atoms with Crippen LogP contribution in [0.25, 0.3) is 0 Å². The average molecular weight is 255 g/mol. The van der Waals surface area contributed by atoms with E-state index in [9.17, 15) is 4.79 Å². The minimum absolute atomic E-state index is 0.166. The van der Waals surface area contributed by atoms with E-state index in [1.807, 2.05) is 31.2 Å². The molecule has 0 saturated heterocycles. The highest BCUT2D eigenvalue weighted by molar-refractivity contribution is 6.05. The molecule has 0 aliphatic rings. The highest BCUT2D eigenvalue weighted by Crippen LogP contribution is 2.18. The summed E-state index contributed by atoms with van der Waals surface area (Å²) in [5, 5.41) is 5.97. The number of nitrogens with one attached hydrogen (secondary N) is 2. The molecule has 2 rings (SSSR count). The van der Waals surface area contributed by atoms with Crippen molar-refractivity contribution in [1.29, 1.82) is 0 Å². The smallest absolute Gasteiger partial charge is 0.255 e. The number of nitrogens with two attached hydrogens (primary N) is 1. The lowest BCUT2D eigenvalue weighted by Crippen LogP contribution is -2.13. The van der Waals surface area contributed by atoms with Crippen LogP contribution in [-0.4, -0.2) is 12.5 Å². The van der Waals surface area contributed by atoms with Crippen LogP contribution in [0.2, 0.25) is 0 Å². The Morgan fingerprint density at radius 1 is 1.11 bits per heavy atom. The van der Waals surface area contributed by atoms with Gasteiger partial charge in [-0.25, -0.2) is 0 Å². The molecule has 19 heavy (non-hydrogen) atoms. The van der Waals surface area contributed by atoms with Gasteiger partial charge in [-0.2, -0.15) is 0 Å². The van der Waals surface area contributed by atoms with E-state index in [4.69, 9.17) is 5.73 Å². The monoisotopic (exact) mass is 255 g/mol. The zero-order chi connectivity index (χ0) is 13.7. The number of rotatable bonds is 4. The van der Waals surface area contributed by atoms with E-state index in [0.29, 0.717) is 16.9 Å². The van der Waals surface area contributed by atoms with E-state index < -0.39 is 0 Å². The van der Waals surface area contributed by atoms with E-state index in [-0.39, 0.29) is 5.91 Å². The molecular formula is C15H17N3O. The van der Waals surface area contributed by atoms with Crippen molar-refractivity contribution in [1.82, 2.24) is 0 Å². The van der Waals surface area contributed by atoms with Gasteiger partial charge in [0.05, 0.1) is 11.4 Å². The van der Waals surface area contributed by atoms with Crippen molar-refractivity contribution in [2.75, 3.05) is 22.9 Å². The largest absolute Gasteiger partial charge is 0.397 e. The van der Waals surface area contributed by atoms with Gasteiger partial charge in [-0.1, -0.05) is 12.1 Å². The molecule has 0 unspecified atom stereocenters. The number of anilines is 3. The number of nitrogen functional groups attached to an aromatic ring is 1. The first kappa shape index (κ1) is 13.0. The maximum atomic E-state index is 12.0. The summed E-state index contributed by atoms with van der Waals surface area (Å²) in [4.78, 5) is 12.0. The minimum atomic E-state index is -0.166. The summed E-state index contributed by atoms with van der Waals surface area (Å²) in [6.07, 6.45) is 0. The second-order valence-electron chi connectivity index (χ2n) is 4.15. The summed E-state index contributed by atoms with van der Waals surface area (Å²) in [7, 11) is 0. The predicted octanol–water partition coefficient (Wildman–Crippen LogP) is 2.95. The van der Waals surface area contributed by atoms with Crippen LogP contribution >= 0.6 is 0 Å². The number of para-hydroxylation sites is 2. The molecular weight excluding hydrogens is 238 g/mol. The average Bonchev–Trinajstić information content (AvgIpc) is 2.42. The Morgan fingerprint density at radius 3 is 2.42 bits per heavy atom. The molecule has 0 heterocycles. The molecule has 0 bridgehead atoms. The van der Waals surface area contributed by atoms with E-state index in [1.54, 1.807) is 24.3 Å². The van der Waals surface area contributed by atoms with Crippen molar-refractivity contribution in [3.05, 3.63) is 54.1 Å². The molecule has 0 saturated carbocycles. The minimum Gasteiger partial charge on any atom is -0.397 e. The number of hydrogen-bond donors (Lipinski definition) is 3. The topological polar surface area (TPSA) is 67.2 Å². The summed E-state index contributed by atoms with van der Waals surface area (Å²) < 4.78 is 0. The Hall–Kier alpha value is -2.49. The summed E-state index contributed by atoms with van der Waals surface area (Å²) in [6.45, 7) is 2.88. The van der Waals surface area contributed by atoms with Gasteiger partial charge in [0.2, 0.25) is 0 Å². The van der Waals surface area contributed by atoms with Crippen molar-refractivity contribution >= 4 is 23.0 Å². The number of amides is 1. The third kappa shape index (κ3) is 3.25. The molecule has 1 amide bonds. The van der Waals surface area contributed by atoms with Crippen LogP contribution in [-0.2, 0) is 0 Å². The summed E-state index contributed by atoms with van der Waals surface area (Å²) in [5.41, 5.74) is 8.57. The van der Waals surface area contributed by atoms with Crippen molar-refractivity contribution in [2.24, 2.45) is 0 Å². The molecule has 2 aromatic rings. The van der Waals surface area contributed by atoms with Crippen molar-refractivity contribution in [3.63, 3.8) is 0 Å². The Labute approximate surface area is 112 Å². The second kappa shape index (κ2) is 5.91. The zero-order valence-electron chi connectivity index (χ0n) is 10.8. The van der Waals surface area contributed by atoms with Crippen LogP contribution in [0, 0.1) is 0 Å². The Morgan fingerprint density at radius 2 is 1.79 bits per heavy atom. The van der Waals surface area contributed by atoms with Gasteiger partial charge in [0, 0.05) is 17.8 Å². The van der Waals surface area contributed by atoms with Gasteiger partial charge in [-0.3, -0.25) is 4.79 Å².